The monoisotopic (exact) mass is 247 g/mol. The van der Waals surface area contributed by atoms with E-state index in [1.165, 1.54) is 5.56 Å². The van der Waals surface area contributed by atoms with E-state index in [0.29, 0.717) is 6.54 Å². The molecule has 0 atom stereocenters. The van der Waals surface area contributed by atoms with E-state index < -0.39 is 0 Å². The van der Waals surface area contributed by atoms with E-state index in [1.807, 2.05) is 25.1 Å². The molecule has 1 aliphatic carbocycles. The average Bonchev–Trinajstić information content (AvgIpc) is 2.37. The van der Waals surface area contributed by atoms with Crippen LogP contribution in [0, 0.1) is 12.8 Å². The molecule has 0 saturated heterocycles. The molecule has 2 N–H and O–H groups in total. The maximum absolute atomic E-state index is 12.0. The fraction of sp³-hybridized carbons (Fsp3) is 0.533. The maximum atomic E-state index is 12.0. The third-order valence-corrected chi connectivity index (χ3v) is 3.62. The van der Waals surface area contributed by atoms with Crippen LogP contribution >= 0.6 is 0 Å². The maximum Gasteiger partial charge on any atom is 0.223 e. The molecule has 1 aromatic rings. The molecule has 1 aromatic carbocycles. The minimum atomic E-state index is -0.203. The largest absolute Gasteiger partial charge is 0.393 e. The molecule has 0 heterocycles. The van der Waals surface area contributed by atoms with Gasteiger partial charge in [0.2, 0.25) is 5.91 Å². The van der Waals surface area contributed by atoms with Gasteiger partial charge >= 0.3 is 0 Å². The van der Waals surface area contributed by atoms with Crippen molar-refractivity contribution in [3.8, 4) is 0 Å². The van der Waals surface area contributed by atoms with Crippen LogP contribution in [0.1, 0.15) is 36.8 Å². The highest BCUT2D eigenvalue weighted by molar-refractivity contribution is 5.78. The Hall–Kier alpha value is -1.35. The minimum absolute atomic E-state index is 0.0817. The van der Waals surface area contributed by atoms with Gasteiger partial charge in [0.15, 0.2) is 0 Å². The Morgan fingerprint density at radius 3 is 2.72 bits per heavy atom. The molecule has 0 aliphatic heterocycles. The van der Waals surface area contributed by atoms with Gasteiger partial charge in [-0.1, -0.05) is 29.8 Å². The van der Waals surface area contributed by atoms with Crippen molar-refractivity contribution in [2.45, 2.75) is 45.3 Å². The van der Waals surface area contributed by atoms with Crippen LogP contribution in [-0.4, -0.2) is 17.1 Å². The zero-order valence-electron chi connectivity index (χ0n) is 10.9. The topological polar surface area (TPSA) is 49.3 Å². The predicted octanol–water partition coefficient (Wildman–Crippen LogP) is 2.16. The first-order chi connectivity index (χ1) is 8.65. The van der Waals surface area contributed by atoms with Gasteiger partial charge in [-0.05, 0) is 38.2 Å². The highest BCUT2D eigenvalue weighted by Crippen LogP contribution is 2.24. The van der Waals surface area contributed by atoms with Gasteiger partial charge in [-0.25, -0.2) is 0 Å². The second-order valence-electron chi connectivity index (χ2n) is 5.21. The third-order valence-electron chi connectivity index (χ3n) is 3.62. The molecule has 0 radical (unpaired) electrons. The first-order valence-corrected chi connectivity index (χ1v) is 6.66. The molecule has 18 heavy (non-hydrogen) atoms. The first kappa shape index (κ1) is 13.1. The van der Waals surface area contributed by atoms with E-state index in [2.05, 4.69) is 11.4 Å². The summed E-state index contributed by atoms with van der Waals surface area (Å²) in [5.41, 5.74) is 2.35. The Labute approximate surface area is 108 Å². The summed E-state index contributed by atoms with van der Waals surface area (Å²) in [6, 6.07) is 8.17. The Kier molecular flexibility index (Phi) is 4.37. The minimum Gasteiger partial charge on any atom is -0.393 e. The van der Waals surface area contributed by atoms with Gasteiger partial charge in [-0.2, -0.15) is 0 Å². The summed E-state index contributed by atoms with van der Waals surface area (Å²) in [5, 5.41) is 12.4. The number of rotatable bonds is 3. The molecule has 2 rings (SSSR count). The molecule has 1 saturated carbocycles. The van der Waals surface area contributed by atoms with Crippen LogP contribution in [0.25, 0.3) is 0 Å². The van der Waals surface area contributed by atoms with Crippen molar-refractivity contribution in [2.24, 2.45) is 5.92 Å². The van der Waals surface area contributed by atoms with Crippen LogP contribution in [0.4, 0.5) is 0 Å². The van der Waals surface area contributed by atoms with Crippen molar-refractivity contribution in [2.75, 3.05) is 0 Å². The molecule has 0 unspecified atom stereocenters. The van der Waals surface area contributed by atoms with Crippen LogP contribution in [-0.2, 0) is 11.3 Å². The molecule has 1 fully saturated rings. The van der Waals surface area contributed by atoms with Gasteiger partial charge in [0, 0.05) is 12.5 Å². The number of hydrogen-bond acceptors (Lipinski definition) is 2. The summed E-state index contributed by atoms with van der Waals surface area (Å²) in [4.78, 5) is 12.0. The van der Waals surface area contributed by atoms with E-state index in [-0.39, 0.29) is 17.9 Å². The molecule has 0 spiro atoms. The molecular weight excluding hydrogens is 226 g/mol. The van der Waals surface area contributed by atoms with Crippen molar-refractivity contribution in [3.05, 3.63) is 35.4 Å². The molecule has 1 aliphatic rings. The molecule has 3 heteroatoms. The second-order valence-corrected chi connectivity index (χ2v) is 5.21. The van der Waals surface area contributed by atoms with E-state index in [0.717, 1.165) is 31.2 Å². The SMILES string of the molecule is Cc1cccc(CNC(=O)C2CCC(O)CC2)c1. The van der Waals surface area contributed by atoms with Crippen molar-refractivity contribution < 1.29 is 9.90 Å². The van der Waals surface area contributed by atoms with Crippen LogP contribution in [0.5, 0.6) is 0 Å². The van der Waals surface area contributed by atoms with E-state index in [4.69, 9.17) is 0 Å². The Morgan fingerprint density at radius 1 is 1.33 bits per heavy atom. The summed E-state index contributed by atoms with van der Waals surface area (Å²) in [5.74, 6) is 0.210. The summed E-state index contributed by atoms with van der Waals surface area (Å²) < 4.78 is 0. The number of aliphatic hydroxyl groups excluding tert-OH is 1. The zero-order chi connectivity index (χ0) is 13.0. The number of aryl methyl sites for hydroxylation is 1. The smallest absolute Gasteiger partial charge is 0.223 e. The number of carbonyl (C=O) groups excluding carboxylic acids is 1. The number of nitrogens with one attached hydrogen (secondary N) is 1. The number of aliphatic hydroxyl groups is 1. The molecule has 3 nitrogen and oxygen atoms in total. The van der Waals surface area contributed by atoms with Crippen molar-refractivity contribution in [1.29, 1.82) is 0 Å². The van der Waals surface area contributed by atoms with E-state index in [1.54, 1.807) is 0 Å². The Morgan fingerprint density at radius 2 is 2.06 bits per heavy atom. The van der Waals surface area contributed by atoms with Gasteiger partial charge in [0.05, 0.1) is 6.10 Å². The van der Waals surface area contributed by atoms with Crippen LogP contribution in [0.2, 0.25) is 0 Å². The van der Waals surface area contributed by atoms with Crippen molar-refractivity contribution in [1.82, 2.24) is 5.32 Å². The normalized spacial score (nSPS) is 23.7. The van der Waals surface area contributed by atoms with Gasteiger partial charge in [0.1, 0.15) is 0 Å². The van der Waals surface area contributed by atoms with Gasteiger partial charge in [-0.15, -0.1) is 0 Å². The Balaban J connectivity index is 1.81. The number of carbonyl (C=O) groups is 1. The van der Waals surface area contributed by atoms with Crippen LogP contribution in [0.15, 0.2) is 24.3 Å². The number of benzene rings is 1. The lowest BCUT2D eigenvalue weighted by atomic mass is 9.87. The summed E-state index contributed by atoms with van der Waals surface area (Å²) in [7, 11) is 0. The summed E-state index contributed by atoms with van der Waals surface area (Å²) >= 11 is 0. The number of hydrogen-bond donors (Lipinski definition) is 2. The lowest BCUT2D eigenvalue weighted by Gasteiger charge is -2.24. The van der Waals surface area contributed by atoms with Crippen LogP contribution < -0.4 is 5.32 Å². The summed E-state index contributed by atoms with van der Waals surface area (Å²) in [6.45, 7) is 2.65. The predicted molar refractivity (Wildman–Crippen MR) is 71.0 cm³/mol. The van der Waals surface area contributed by atoms with Gasteiger partial charge in [-0.3, -0.25) is 4.79 Å². The Bertz CT molecular complexity index is 409. The third kappa shape index (κ3) is 3.57. The zero-order valence-corrected chi connectivity index (χ0v) is 10.9. The van der Waals surface area contributed by atoms with Crippen molar-refractivity contribution in [3.63, 3.8) is 0 Å². The highest BCUT2D eigenvalue weighted by Gasteiger charge is 2.24. The average molecular weight is 247 g/mol. The standard InChI is InChI=1S/C15H21NO2/c1-11-3-2-4-12(9-11)10-16-15(18)13-5-7-14(17)8-6-13/h2-4,9,13-14,17H,5-8,10H2,1H3,(H,16,18). The second kappa shape index (κ2) is 6.01. The highest BCUT2D eigenvalue weighted by atomic mass is 16.3. The quantitative estimate of drug-likeness (QED) is 0.860. The molecule has 0 aromatic heterocycles. The lowest BCUT2D eigenvalue weighted by Crippen LogP contribution is -2.33. The first-order valence-electron chi connectivity index (χ1n) is 6.66. The summed E-state index contributed by atoms with van der Waals surface area (Å²) in [6.07, 6.45) is 2.91. The molecule has 0 bridgehead atoms. The van der Waals surface area contributed by atoms with E-state index in [9.17, 15) is 9.90 Å². The molecular formula is C15H21NO2. The van der Waals surface area contributed by atoms with Crippen LogP contribution in [0.3, 0.4) is 0 Å². The van der Waals surface area contributed by atoms with Gasteiger partial charge < -0.3 is 10.4 Å². The fourth-order valence-electron chi connectivity index (χ4n) is 2.49. The molecule has 98 valence electrons. The lowest BCUT2D eigenvalue weighted by molar-refractivity contribution is -0.126. The number of amides is 1. The van der Waals surface area contributed by atoms with Crippen molar-refractivity contribution >= 4 is 5.91 Å². The molecule has 1 amide bonds. The van der Waals surface area contributed by atoms with E-state index >= 15 is 0 Å². The van der Waals surface area contributed by atoms with Gasteiger partial charge in [0.25, 0.3) is 0 Å². The fourth-order valence-corrected chi connectivity index (χ4v) is 2.49.